The van der Waals surface area contributed by atoms with Crippen LogP contribution in [0.3, 0.4) is 0 Å². The molecule has 0 radical (unpaired) electrons. The summed E-state index contributed by atoms with van der Waals surface area (Å²) in [5, 5.41) is 22.8. The fourth-order valence-electron chi connectivity index (χ4n) is 5.61. The third-order valence-electron chi connectivity index (χ3n) is 7.03. The van der Waals surface area contributed by atoms with Gasteiger partial charge in [0.25, 0.3) is 5.69 Å². The Balaban J connectivity index is 1.69. The van der Waals surface area contributed by atoms with Crippen molar-refractivity contribution in [3.05, 3.63) is 46.5 Å². The minimum Gasteiger partial charge on any atom is -0.390 e. The van der Waals surface area contributed by atoms with Gasteiger partial charge in [0.05, 0.1) is 39.5 Å². The molecule has 5 rings (SSSR count). The smallest absolute Gasteiger partial charge is 0.277 e. The highest BCUT2D eigenvalue weighted by Crippen LogP contribution is 2.62. The number of aliphatic hydroxyl groups is 1. The maximum Gasteiger partial charge on any atom is 0.277 e. The highest BCUT2D eigenvalue weighted by molar-refractivity contribution is 6.26. The van der Waals surface area contributed by atoms with Crippen LogP contribution in [0.2, 0.25) is 0 Å². The van der Waals surface area contributed by atoms with E-state index >= 15 is 0 Å². The van der Waals surface area contributed by atoms with Gasteiger partial charge in [0.15, 0.2) is 0 Å². The highest BCUT2D eigenvalue weighted by Gasteiger charge is 2.76. The summed E-state index contributed by atoms with van der Waals surface area (Å²) in [6.45, 7) is 3.59. The summed E-state index contributed by atoms with van der Waals surface area (Å²) >= 11 is 0. The average molecular weight is 396 g/mol. The summed E-state index contributed by atoms with van der Waals surface area (Å²) in [6.07, 6.45) is -0.00186. The number of carbonyl (C=O) groups excluding carboxylic acids is 2. The van der Waals surface area contributed by atoms with Crippen LogP contribution < -0.4 is 4.90 Å². The van der Waals surface area contributed by atoms with E-state index in [0.717, 1.165) is 4.90 Å². The second-order valence-electron chi connectivity index (χ2n) is 8.30. The summed E-state index contributed by atoms with van der Waals surface area (Å²) in [5.41, 5.74) is -1.73. The van der Waals surface area contributed by atoms with E-state index in [4.69, 9.17) is 4.74 Å². The lowest BCUT2D eigenvalue weighted by atomic mass is 9.66. The van der Waals surface area contributed by atoms with E-state index in [9.17, 15) is 24.8 Å². The number of hydrogen-bond acceptors (Lipinski definition) is 6. The number of nitrogens with zero attached hydrogens (tertiary/aromatic N) is 2. The molecule has 2 amide bonds. The number of non-ortho nitro benzene ring substituents is 1. The van der Waals surface area contributed by atoms with Gasteiger partial charge in [-0.1, -0.05) is 25.1 Å². The van der Waals surface area contributed by atoms with Crippen molar-refractivity contribution in [2.24, 2.45) is 11.8 Å². The molecule has 2 bridgehead atoms. The molecule has 3 aliphatic rings. The summed E-state index contributed by atoms with van der Waals surface area (Å²) in [4.78, 5) is 39.0. The number of benzene rings is 2. The number of ether oxygens (including phenoxy) is 1. The van der Waals surface area contributed by atoms with E-state index in [-0.39, 0.29) is 11.6 Å². The first-order valence-electron chi connectivity index (χ1n) is 9.67. The van der Waals surface area contributed by atoms with Crippen LogP contribution in [0.15, 0.2) is 36.4 Å². The topological polar surface area (TPSA) is 110 Å². The van der Waals surface area contributed by atoms with Crippen LogP contribution in [0.1, 0.15) is 26.7 Å². The maximum atomic E-state index is 13.5. The average Bonchev–Trinajstić information content (AvgIpc) is 3.23. The molecule has 0 saturated carbocycles. The third kappa shape index (κ3) is 2.05. The first-order chi connectivity index (χ1) is 13.7. The van der Waals surface area contributed by atoms with Crippen molar-refractivity contribution >= 4 is 34.0 Å². The summed E-state index contributed by atoms with van der Waals surface area (Å²) < 4.78 is 6.13. The van der Waals surface area contributed by atoms with Gasteiger partial charge >= 0.3 is 0 Å². The minimum absolute atomic E-state index is 0.0838. The van der Waals surface area contributed by atoms with Gasteiger partial charge in [-0.25, -0.2) is 4.90 Å². The van der Waals surface area contributed by atoms with Crippen LogP contribution in [0.25, 0.3) is 10.8 Å². The first kappa shape index (κ1) is 18.2. The maximum absolute atomic E-state index is 13.5. The number of amides is 2. The van der Waals surface area contributed by atoms with E-state index in [1.54, 1.807) is 31.2 Å². The van der Waals surface area contributed by atoms with Crippen LogP contribution in [-0.4, -0.2) is 39.2 Å². The number of hydrogen-bond donors (Lipinski definition) is 1. The molecule has 8 nitrogen and oxygen atoms in total. The molecule has 2 aromatic rings. The second kappa shape index (κ2) is 5.61. The Bertz CT molecular complexity index is 1080. The van der Waals surface area contributed by atoms with Gasteiger partial charge in [-0.05, 0) is 25.5 Å². The SMILES string of the molecule is CCC12CC(O)C(C)(O1)C1C(=O)N(c3ccc([N+](=O)[O-])c4ccccc34)C(=O)[C@H]12. The molecule has 0 spiro atoms. The molecule has 3 saturated heterocycles. The van der Waals surface area contributed by atoms with Crippen molar-refractivity contribution in [3.8, 4) is 0 Å². The number of nitro groups is 1. The molecular formula is C21H20N2O6. The predicted molar refractivity (Wildman–Crippen MR) is 103 cm³/mol. The molecule has 150 valence electrons. The summed E-state index contributed by atoms with van der Waals surface area (Å²) in [7, 11) is 0. The number of anilines is 1. The molecular weight excluding hydrogens is 376 g/mol. The van der Waals surface area contributed by atoms with Gasteiger partial charge in [0.2, 0.25) is 11.8 Å². The minimum atomic E-state index is -1.11. The van der Waals surface area contributed by atoms with Crippen molar-refractivity contribution in [2.45, 2.75) is 44.0 Å². The molecule has 29 heavy (non-hydrogen) atoms. The van der Waals surface area contributed by atoms with E-state index in [1.807, 2.05) is 6.92 Å². The first-order valence-corrected chi connectivity index (χ1v) is 9.67. The van der Waals surface area contributed by atoms with Gasteiger partial charge in [-0.3, -0.25) is 19.7 Å². The Morgan fingerprint density at radius 2 is 1.83 bits per heavy atom. The summed E-state index contributed by atoms with van der Waals surface area (Å²) in [5.74, 6) is -2.22. The molecule has 3 fully saturated rings. The van der Waals surface area contributed by atoms with Gasteiger partial charge < -0.3 is 9.84 Å². The lowest BCUT2D eigenvalue weighted by Crippen LogP contribution is -2.49. The number of nitro benzene ring substituents is 1. The monoisotopic (exact) mass is 396 g/mol. The number of rotatable bonds is 3. The molecule has 4 unspecified atom stereocenters. The van der Waals surface area contributed by atoms with E-state index < -0.39 is 40.0 Å². The third-order valence-corrected chi connectivity index (χ3v) is 7.03. The lowest BCUT2D eigenvalue weighted by Gasteiger charge is -2.32. The van der Waals surface area contributed by atoms with Crippen molar-refractivity contribution in [2.75, 3.05) is 4.90 Å². The van der Waals surface area contributed by atoms with Crippen LogP contribution in [0.5, 0.6) is 0 Å². The lowest BCUT2D eigenvalue weighted by molar-refractivity contribution is -0.383. The van der Waals surface area contributed by atoms with Crippen LogP contribution in [-0.2, 0) is 14.3 Å². The van der Waals surface area contributed by atoms with Crippen LogP contribution in [0.4, 0.5) is 11.4 Å². The van der Waals surface area contributed by atoms with Crippen molar-refractivity contribution in [1.82, 2.24) is 0 Å². The number of aliphatic hydroxyl groups excluding tert-OH is 1. The fraction of sp³-hybridized carbons (Fsp3) is 0.429. The van der Waals surface area contributed by atoms with E-state index in [0.29, 0.717) is 29.3 Å². The van der Waals surface area contributed by atoms with Crippen LogP contribution >= 0.6 is 0 Å². The molecule has 5 atom stereocenters. The number of fused-ring (bicyclic) bond motifs is 6. The Kier molecular flexibility index (Phi) is 3.52. The molecule has 0 aliphatic carbocycles. The van der Waals surface area contributed by atoms with Gasteiger partial charge in [-0.2, -0.15) is 0 Å². The zero-order valence-electron chi connectivity index (χ0n) is 16.0. The molecule has 8 heteroatoms. The molecule has 3 heterocycles. The standard InChI is InChI=1S/C21H20N2O6/c1-3-21-10-15(24)20(2,29-21)16-17(21)19(26)22(18(16)25)13-8-9-14(23(27)28)12-7-5-4-6-11(12)13/h4-9,15-17,24H,3,10H2,1-2H3/t15?,16?,17-,20?,21?/m0/s1. The van der Waals surface area contributed by atoms with Gasteiger partial charge in [0, 0.05) is 17.9 Å². The van der Waals surface area contributed by atoms with E-state index in [1.165, 1.54) is 12.1 Å². The Hall–Kier alpha value is -2.84. The zero-order valence-corrected chi connectivity index (χ0v) is 16.0. The predicted octanol–water partition coefficient (Wildman–Crippen LogP) is 2.56. The molecule has 1 N–H and O–H groups in total. The Morgan fingerprint density at radius 1 is 1.17 bits per heavy atom. The quantitative estimate of drug-likeness (QED) is 0.485. The molecule has 0 aromatic heterocycles. The summed E-state index contributed by atoms with van der Waals surface area (Å²) in [6, 6.07) is 9.45. The largest absolute Gasteiger partial charge is 0.390 e. The van der Waals surface area contributed by atoms with Crippen molar-refractivity contribution in [3.63, 3.8) is 0 Å². The Morgan fingerprint density at radius 3 is 2.48 bits per heavy atom. The van der Waals surface area contributed by atoms with E-state index in [2.05, 4.69) is 0 Å². The number of carbonyl (C=O) groups is 2. The number of imide groups is 1. The zero-order chi connectivity index (χ0) is 20.7. The van der Waals surface area contributed by atoms with Gasteiger partial charge in [-0.15, -0.1) is 0 Å². The second-order valence-corrected chi connectivity index (χ2v) is 8.30. The molecule has 2 aromatic carbocycles. The van der Waals surface area contributed by atoms with Crippen LogP contribution in [0, 0.1) is 22.0 Å². The van der Waals surface area contributed by atoms with Crippen molar-refractivity contribution in [1.29, 1.82) is 0 Å². The highest BCUT2D eigenvalue weighted by atomic mass is 16.6. The molecule has 3 aliphatic heterocycles. The Labute approximate surface area is 166 Å². The van der Waals surface area contributed by atoms with Crippen molar-refractivity contribution < 1.29 is 24.4 Å². The van der Waals surface area contributed by atoms with Gasteiger partial charge in [0.1, 0.15) is 5.60 Å². The fourth-order valence-corrected chi connectivity index (χ4v) is 5.61. The normalized spacial score (nSPS) is 35.6.